The Morgan fingerprint density at radius 1 is 1.05 bits per heavy atom. The van der Waals surface area contributed by atoms with Crippen molar-refractivity contribution in [1.82, 2.24) is 4.90 Å². The van der Waals surface area contributed by atoms with Gasteiger partial charge >= 0.3 is 0 Å². The van der Waals surface area contributed by atoms with Crippen LogP contribution in [0.4, 0.5) is 11.4 Å². The minimum absolute atomic E-state index is 0.232. The summed E-state index contributed by atoms with van der Waals surface area (Å²) in [6.45, 7) is 3.89. The van der Waals surface area contributed by atoms with Gasteiger partial charge in [-0.1, -0.05) is 18.6 Å². The fraction of sp³-hybridized carbons (Fsp3) is 0.647. The minimum Gasteiger partial charge on any atom is -0.363 e. The van der Waals surface area contributed by atoms with E-state index in [1.54, 1.807) is 12.1 Å². The predicted molar refractivity (Wildman–Crippen MR) is 86.1 cm³/mol. The zero-order valence-electron chi connectivity index (χ0n) is 12.9. The number of piperazine rings is 1. The quantitative estimate of drug-likeness (QED) is 0.636. The first-order valence-electron chi connectivity index (χ1n) is 8.45. The van der Waals surface area contributed by atoms with E-state index in [1.165, 1.54) is 25.7 Å². The highest BCUT2D eigenvalue weighted by atomic mass is 16.6. The number of hydrogen-bond donors (Lipinski definition) is 0. The molecule has 3 fully saturated rings. The SMILES string of the molecule is O=[N+]([O-])c1ccccc1N1CCN(C2CC3CCC2C3)CC1. The van der Waals surface area contributed by atoms with Gasteiger partial charge in [-0.2, -0.15) is 0 Å². The Morgan fingerprint density at radius 2 is 1.82 bits per heavy atom. The molecule has 1 aliphatic heterocycles. The van der Waals surface area contributed by atoms with Crippen molar-refractivity contribution < 1.29 is 4.92 Å². The van der Waals surface area contributed by atoms with Gasteiger partial charge in [0.05, 0.1) is 4.92 Å². The van der Waals surface area contributed by atoms with Gasteiger partial charge in [0.1, 0.15) is 5.69 Å². The largest absolute Gasteiger partial charge is 0.363 e. The van der Waals surface area contributed by atoms with Crippen LogP contribution in [0.2, 0.25) is 0 Å². The van der Waals surface area contributed by atoms with Crippen LogP contribution in [-0.4, -0.2) is 42.0 Å². The van der Waals surface area contributed by atoms with Gasteiger partial charge in [-0.25, -0.2) is 0 Å². The van der Waals surface area contributed by atoms with Crippen LogP contribution < -0.4 is 4.90 Å². The summed E-state index contributed by atoms with van der Waals surface area (Å²) in [6.07, 6.45) is 5.68. The molecule has 5 heteroatoms. The van der Waals surface area contributed by atoms with Crippen molar-refractivity contribution >= 4 is 11.4 Å². The van der Waals surface area contributed by atoms with Gasteiger partial charge in [-0.05, 0) is 37.2 Å². The minimum atomic E-state index is -0.266. The number of fused-ring (bicyclic) bond motifs is 2. The van der Waals surface area contributed by atoms with Gasteiger partial charge in [0, 0.05) is 38.3 Å². The number of anilines is 1. The van der Waals surface area contributed by atoms with Gasteiger partial charge in [0.2, 0.25) is 0 Å². The van der Waals surface area contributed by atoms with E-state index in [0.29, 0.717) is 0 Å². The van der Waals surface area contributed by atoms with Crippen LogP contribution >= 0.6 is 0 Å². The normalized spacial score (nSPS) is 31.6. The summed E-state index contributed by atoms with van der Waals surface area (Å²) < 4.78 is 0. The van der Waals surface area contributed by atoms with Crippen LogP contribution in [0, 0.1) is 22.0 Å². The molecular formula is C17H23N3O2. The molecule has 4 rings (SSSR count). The van der Waals surface area contributed by atoms with Gasteiger partial charge in [0.15, 0.2) is 0 Å². The van der Waals surface area contributed by atoms with Gasteiger partial charge in [-0.3, -0.25) is 15.0 Å². The fourth-order valence-electron chi connectivity index (χ4n) is 4.84. The summed E-state index contributed by atoms with van der Waals surface area (Å²) in [5.41, 5.74) is 1.01. The molecule has 3 aliphatic rings. The van der Waals surface area contributed by atoms with E-state index in [2.05, 4.69) is 9.80 Å². The predicted octanol–water partition coefficient (Wildman–Crippen LogP) is 2.91. The molecule has 1 aromatic carbocycles. The molecule has 1 saturated heterocycles. The molecule has 3 atom stereocenters. The topological polar surface area (TPSA) is 49.6 Å². The molecule has 2 bridgehead atoms. The first kappa shape index (κ1) is 14.0. The molecule has 22 heavy (non-hydrogen) atoms. The standard InChI is InChI=1S/C17H23N3O2/c21-20(22)16-4-2-1-3-15(16)18-7-9-19(10-8-18)17-12-13-5-6-14(17)11-13/h1-4,13-14,17H,5-12H2. The molecule has 2 aliphatic carbocycles. The average Bonchev–Trinajstić information content (AvgIpc) is 3.18. The van der Waals surface area contributed by atoms with E-state index in [-0.39, 0.29) is 10.6 Å². The molecule has 3 unspecified atom stereocenters. The highest BCUT2D eigenvalue weighted by Crippen LogP contribution is 2.46. The molecule has 0 amide bonds. The molecular weight excluding hydrogens is 278 g/mol. The third-order valence-electron chi connectivity index (χ3n) is 5.90. The number of benzene rings is 1. The number of rotatable bonds is 3. The zero-order valence-corrected chi connectivity index (χ0v) is 12.9. The number of nitro groups is 1. The Bertz CT molecular complexity index is 569. The Balaban J connectivity index is 1.43. The number of para-hydroxylation sites is 2. The van der Waals surface area contributed by atoms with E-state index in [0.717, 1.165) is 49.7 Å². The van der Waals surface area contributed by atoms with Crippen LogP contribution in [0.25, 0.3) is 0 Å². The third kappa shape index (κ3) is 2.37. The van der Waals surface area contributed by atoms with Crippen LogP contribution in [0.15, 0.2) is 24.3 Å². The molecule has 2 saturated carbocycles. The second-order valence-corrected chi connectivity index (χ2v) is 7.01. The number of nitro benzene ring substituents is 1. The zero-order chi connectivity index (χ0) is 15.1. The van der Waals surface area contributed by atoms with Crippen molar-refractivity contribution in [3.05, 3.63) is 34.4 Å². The van der Waals surface area contributed by atoms with Crippen LogP contribution in [0.1, 0.15) is 25.7 Å². The van der Waals surface area contributed by atoms with Crippen molar-refractivity contribution in [2.24, 2.45) is 11.8 Å². The van der Waals surface area contributed by atoms with Crippen molar-refractivity contribution in [2.75, 3.05) is 31.1 Å². The molecule has 0 N–H and O–H groups in total. The van der Waals surface area contributed by atoms with E-state index < -0.39 is 0 Å². The van der Waals surface area contributed by atoms with Crippen LogP contribution in [0.3, 0.4) is 0 Å². The van der Waals surface area contributed by atoms with Gasteiger partial charge < -0.3 is 4.90 Å². The van der Waals surface area contributed by atoms with E-state index in [1.807, 2.05) is 12.1 Å². The first-order chi connectivity index (χ1) is 10.7. The highest BCUT2D eigenvalue weighted by Gasteiger charge is 2.42. The van der Waals surface area contributed by atoms with Crippen molar-refractivity contribution in [3.8, 4) is 0 Å². The fourth-order valence-corrected chi connectivity index (χ4v) is 4.84. The third-order valence-corrected chi connectivity index (χ3v) is 5.90. The monoisotopic (exact) mass is 301 g/mol. The smallest absolute Gasteiger partial charge is 0.292 e. The van der Waals surface area contributed by atoms with E-state index >= 15 is 0 Å². The van der Waals surface area contributed by atoms with E-state index in [4.69, 9.17) is 0 Å². The lowest BCUT2D eigenvalue weighted by Crippen LogP contribution is -2.51. The average molecular weight is 301 g/mol. The maximum Gasteiger partial charge on any atom is 0.292 e. The maximum absolute atomic E-state index is 11.2. The molecule has 0 aromatic heterocycles. The molecule has 118 valence electrons. The van der Waals surface area contributed by atoms with Crippen molar-refractivity contribution in [2.45, 2.75) is 31.7 Å². The first-order valence-corrected chi connectivity index (χ1v) is 8.45. The Kier molecular flexibility index (Phi) is 3.53. The highest BCUT2D eigenvalue weighted by molar-refractivity contribution is 5.63. The summed E-state index contributed by atoms with van der Waals surface area (Å²) in [5.74, 6) is 1.89. The van der Waals surface area contributed by atoms with Crippen molar-refractivity contribution in [3.63, 3.8) is 0 Å². The second kappa shape index (κ2) is 5.54. The Labute approximate surface area is 131 Å². The molecule has 0 spiro atoms. The summed E-state index contributed by atoms with van der Waals surface area (Å²) in [6, 6.07) is 7.91. The summed E-state index contributed by atoms with van der Waals surface area (Å²) in [4.78, 5) is 15.8. The van der Waals surface area contributed by atoms with Crippen molar-refractivity contribution in [1.29, 1.82) is 0 Å². The van der Waals surface area contributed by atoms with Gasteiger partial charge in [-0.15, -0.1) is 0 Å². The molecule has 5 nitrogen and oxygen atoms in total. The van der Waals surface area contributed by atoms with Crippen LogP contribution in [0.5, 0.6) is 0 Å². The summed E-state index contributed by atoms with van der Waals surface area (Å²) >= 11 is 0. The lowest BCUT2D eigenvalue weighted by molar-refractivity contribution is -0.384. The summed E-state index contributed by atoms with van der Waals surface area (Å²) in [7, 11) is 0. The molecule has 0 radical (unpaired) electrons. The second-order valence-electron chi connectivity index (χ2n) is 7.01. The van der Waals surface area contributed by atoms with Crippen LogP contribution in [-0.2, 0) is 0 Å². The van der Waals surface area contributed by atoms with Gasteiger partial charge in [0.25, 0.3) is 5.69 Å². The lowest BCUT2D eigenvalue weighted by atomic mass is 9.93. The molecule has 1 heterocycles. The number of nitrogens with zero attached hydrogens (tertiary/aromatic N) is 3. The lowest BCUT2D eigenvalue weighted by Gasteiger charge is -2.41. The molecule has 1 aromatic rings. The Hall–Kier alpha value is -1.62. The Morgan fingerprint density at radius 3 is 2.45 bits per heavy atom. The summed E-state index contributed by atoms with van der Waals surface area (Å²) in [5, 5.41) is 11.2. The van der Waals surface area contributed by atoms with E-state index in [9.17, 15) is 10.1 Å². The number of hydrogen-bond acceptors (Lipinski definition) is 4. The maximum atomic E-state index is 11.2.